The molecule has 1 fully saturated rings. The van der Waals surface area contributed by atoms with Gasteiger partial charge in [0, 0.05) is 31.4 Å². The van der Waals surface area contributed by atoms with Crippen LogP contribution in [0, 0.1) is 5.82 Å². The average Bonchev–Trinajstić information content (AvgIpc) is 2.76. The molecule has 0 aliphatic carbocycles. The molecule has 0 spiro atoms. The van der Waals surface area contributed by atoms with Gasteiger partial charge in [-0.25, -0.2) is 4.39 Å². The Morgan fingerprint density at radius 3 is 2.71 bits per heavy atom. The summed E-state index contributed by atoms with van der Waals surface area (Å²) in [5, 5.41) is 11.1. The van der Waals surface area contributed by atoms with Crippen molar-refractivity contribution in [1.29, 1.82) is 0 Å². The lowest BCUT2D eigenvalue weighted by Crippen LogP contribution is -2.32. The van der Waals surface area contributed by atoms with Crippen LogP contribution < -0.4 is 0 Å². The number of hydrogen-bond acceptors (Lipinski definition) is 3. The summed E-state index contributed by atoms with van der Waals surface area (Å²) in [6, 6.07) is 6.46. The number of aliphatic hydroxyl groups is 1. The Kier molecular flexibility index (Phi) is 2.42. The normalized spacial score (nSPS) is 19.6. The van der Waals surface area contributed by atoms with Crippen LogP contribution in [0.4, 0.5) is 4.39 Å². The van der Waals surface area contributed by atoms with E-state index in [1.54, 1.807) is 18.2 Å². The summed E-state index contributed by atoms with van der Waals surface area (Å²) in [7, 11) is 0. The zero-order chi connectivity index (χ0) is 11.9. The smallest absolute Gasteiger partial charge is 0.170 e. The molecule has 0 saturated carbocycles. The second-order valence-corrected chi connectivity index (χ2v) is 4.41. The molecule has 0 bridgehead atoms. The fourth-order valence-corrected chi connectivity index (χ4v) is 2.21. The highest BCUT2D eigenvalue weighted by molar-refractivity contribution is 5.78. The Morgan fingerprint density at radius 1 is 1.24 bits per heavy atom. The third-order valence-corrected chi connectivity index (χ3v) is 3.27. The fraction of sp³-hybridized carbons (Fsp3) is 0.385. The first kappa shape index (κ1) is 10.7. The lowest BCUT2D eigenvalue weighted by molar-refractivity contribution is -0.0793. The van der Waals surface area contributed by atoms with Crippen molar-refractivity contribution in [2.24, 2.45) is 0 Å². The number of fused-ring (bicyclic) bond motifs is 1. The highest BCUT2D eigenvalue weighted by Crippen LogP contribution is 2.35. The Labute approximate surface area is 97.8 Å². The maximum Gasteiger partial charge on any atom is 0.170 e. The van der Waals surface area contributed by atoms with E-state index < -0.39 is 11.4 Å². The maximum atomic E-state index is 13.5. The summed E-state index contributed by atoms with van der Waals surface area (Å²) in [4.78, 5) is 0. The zero-order valence-electron chi connectivity index (χ0n) is 9.28. The second kappa shape index (κ2) is 3.82. The van der Waals surface area contributed by atoms with Crippen molar-refractivity contribution in [3.05, 3.63) is 35.8 Å². The van der Waals surface area contributed by atoms with Crippen LogP contribution in [-0.4, -0.2) is 18.3 Å². The largest absolute Gasteiger partial charge is 0.455 e. The maximum absolute atomic E-state index is 13.5. The Balaban J connectivity index is 2.08. The molecule has 2 aromatic rings. The van der Waals surface area contributed by atoms with E-state index in [0.717, 1.165) is 0 Å². The number of ether oxygens (including phenoxy) is 1. The molecule has 1 N–H and O–H groups in total. The van der Waals surface area contributed by atoms with Gasteiger partial charge in [0.1, 0.15) is 11.4 Å². The van der Waals surface area contributed by atoms with E-state index in [4.69, 9.17) is 9.15 Å². The minimum absolute atomic E-state index is 0.211. The van der Waals surface area contributed by atoms with Crippen molar-refractivity contribution in [3.63, 3.8) is 0 Å². The number of para-hydroxylation sites is 1. The van der Waals surface area contributed by atoms with E-state index in [0.29, 0.717) is 37.2 Å². The zero-order valence-corrected chi connectivity index (χ0v) is 9.28. The van der Waals surface area contributed by atoms with Gasteiger partial charge in [0.2, 0.25) is 0 Å². The van der Waals surface area contributed by atoms with Crippen molar-refractivity contribution in [1.82, 2.24) is 0 Å². The first-order valence-corrected chi connectivity index (χ1v) is 5.68. The van der Waals surface area contributed by atoms with Crippen molar-refractivity contribution < 1.29 is 18.7 Å². The molecule has 1 aliphatic heterocycles. The monoisotopic (exact) mass is 236 g/mol. The average molecular weight is 236 g/mol. The van der Waals surface area contributed by atoms with Crippen LogP contribution in [0.15, 0.2) is 28.7 Å². The van der Waals surface area contributed by atoms with Crippen LogP contribution in [0.5, 0.6) is 0 Å². The van der Waals surface area contributed by atoms with Gasteiger partial charge in [-0.05, 0) is 12.1 Å². The van der Waals surface area contributed by atoms with E-state index >= 15 is 0 Å². The first-order valence-electron chi connectivity index (χ1n) is 5.68. The molecule has 0 unspecified atom stereocenters. The van der Waals surface area contributed by atoms with Crippen molar-refractivity contribution in [2.75, 3.05) is 13.2 Å². The second-order valence-electron chi connectivity index (χ2n) is 4.41. The van der Waals surface area contributed by atoms with Gasteiger partial charge >= 0.3 is 0 Å². The molecule has 1 saturated heterocycles. The summed E-state index contributed by atoms with van der Waals surface area (Å²) < 4.78 is 24.2. The van der Waals surface area contributed by atoms with Crippen molar-refractivity contribution >= 4 is 11.0 Å². The Hall–Kier alpha value is -1.39. The topological polar surface area (TPSA) is 42.6 Å². The molecule has 0 radical (unpaired) electrons. The van der Waals surface area contributed by atoms with Gasteiger partial charge in [0.25, 0.3) is 0 Å². The summed E-state index contributed by atoms with van der Waals surface area (Å²) in [5.74, 6) is 0.0327. The standard InChI is InChI=1S/C13H13FO3/c14-10-3-1-2-9-8-11(17-12(9)10)13(15)4-6-16-7-5-13/h1-3,8,15H,4-7H2. The third-order valence-electron chi connectivity index (χ3n) is 3.27. The Morgan fingerprint density at radius 2 is 2.00 bits per heavy atom. The van der Waals surface area contributed by atoms with Gasteiger partial charge in [-0.1, -0.05) is 12.1 Å². The number of furan rings is 1. The Bertz CT molecular complexity index is 541. The number of hydrogen-bond donors (Lipinski definition) is 1. The van der Waals surface area contributed by atoms with E-state index in [1.807, 2.05) is 0 Å². The molecule has 0 amide bonds. The van der Waals surface area contributed by atoms with Gasteiger partial charge in [0.05, 0.1) is 0 Å². The van der Waals surface area contributed by atoms with E-state index in [-0.39, 0.29) is 5.58 Å². The fourth-order valence-electron chi connectivity index (χ4n) is 2.21. The lowest BCUT2D eigenvalue weighted by atomic mass is 9.91. The van der Waals surface area contributed by atoms with Crippen molar-refractivity contribution in [3.8, 4) is 0 Å². The highest BCUT2D eigenvalue weighted by atomic mass is 19.1. The number of rotatable bonds is 1. The number of halogens is 1. The quantitative estimate of drug-likeness (QED) is 0.827. The predicted molar refractivity (Wildman–Crippen MR) is 60.1 cm³/mol. The van der Waals surface area contributed by atoms with E-state index in [2.05, 4.69) is 0 Å². The van der Waals surface area contributed by atoms with Gasteiger partial charge in [0.15, 0.2) is 11.4 Å². The highest BCUT2D eigenvalue weighted by Gasteiger charge is 2.35. The molecular formula is C13H13FO3. The van der Waals surface area contributed by atoms with Crippen LogP contribution in [0.2, 0.25) is 0 Å². The molecular weight excluding hydrogens is 223 g/mol. The molecule has 4 heteroatoms. The van der Waals surface area contributed by atoms with Gasteiger partial charge in [-0.15, -0.1) is 0 Å². The molecule has 1 aromatic carbocycles. The summed E-state index contributed by atoms with van der Waals surface area (Å²) >= 11 is 0. The first-order chi connectivity index (χ1) is 8.19. The minimum Gasteiger partial charge on any atom is -0.455 e. The van der Waals surface area contributed by atoms with Gasteiger partial charge in [-0.2, -0.15) is 0 Å². The summed E-state index contributed by atoms with van der Waals surface area (Å²) in [6.07, 6.45) is 0.961. The van der Waals surface area contributed by atoms with E-state index in [1.165, 1.54) is 6.07 Å². The van der Waals surface area contributed by atoms with Crippen LogP contribution in [0.25, 0.3) is 11.0 Å². The molecule has 17 heavy (non-hydrogen) atoms. The van der Waals surface area contributed by atoms with E-state index in [9.17, 15) is 9.50 Å². The third kappa shape index (κ3) is 1.73. The molecule has 3 rings (SSSR count). The van der Waals surface area contributed by atoms with Gasteiger partial charge < -0.3 is 14.3 Å². The van der Waals surface area contributed by atoms with Crippen LogP contribution in [0.3, 0.4) is 0 Å². The SMILES string of the molecule is OC1(c2cc3cccc(F)c3o2)CCOCC1. The lowest BCUT2D eigenvalue weighted by Gasteiger charge is -2.29. The number of benzene rings is 1. The van der Waals surface area contributed by atoms with Crippen LogP contribution in [0.1, 0.15) is 18.6 Å². The van der Waals surface area contributed by atoms with Crippen molar-refractivity contribution in [2.45, 2.75) is 18.4 Å². The molecule has 90 valence electrons. The predicted octanol–water partition coefficient (Wildman–Crippen LogP) is 2.57. The molecule has 1 aromatic heterocycles. The summed E-state index contributed by atoms with van der Waals surface area (Å²) in [5.41, 5.74) is -0.814. The molecule has 2 heterocycles. The van der Waals surface area contributed by atoms with Crippen LogP contribution >= 0.6 is 0 Å². The summed E-state index contributed by atoms with van der Waals surface area (Å²) in [6.45, 7) is 0.992. The van der Waals surface area contributed by atoms with Crippen LogP contribution in [-0.2, 0) is 10.3 Å². The molecule has 0 atom stereocenters. The molecule has 1 aliphatic rings. The van der Waals surface area contributed by atoms with Gasteiger partial charge in [-0.3, -0.25) is 0 Å². The molecule has 3 nitrogen and oxygen atoms in total. The minimum atomic E-state index is -1.02.